The van der Waals surface area contributed by atoms with E-state index in [1.165, 1.54) is 37.4 Å². The van der Waals surface area contributed by atoms with Crippen molar-refractivity contribution in [2.45, 2.75) is 72.0 Å². The normalized spacial score (nSPS) is 12.9. The standard InChI is InChI=1S/C16H31NS.C7H10O6/c1-7-16(6,12-10-11-15(4)5)18-14-13-17(8-2)9-3;1-7(6(12)13,2-4(8)9)3-5(10)11/h7,11H,1,8-10,12-14H2,2-6H3;2-3H2,1H3,(H,8,9)(H,10,11)(H,12,13). The molecular formula is C23H41NO6S. The summed E-state index contributed by atoms with van der Waals surface area (Å²) in [5, 5.41) is 27.1. The van der Waals surface area contributed by atoms with E-state index in [9.17, 15) is 19.5 Å². The average Bonchev–Trinajstić information content (AvgIpc) is 2.64. The lowest BCUT2D eigenvalue weighted by atomic mass is 9.83. The Morgan fingerprint density at radius 1 is 1.06 bits per heavy atom. The number of hydrogen-bond acceptors (Lipinski definition) is 5. The molecule has 0 fully saturated rings. The lowest BCUT2D eigenvalue weighted by Crippen LogP contribution is -3.11. The van der Waals surface area contributed by atoms with Crippen LogP contribution in [0.25, 0.3) is 0 Å². The molecule has 0 rings (SSSR count). The van der Waals surface area contributed by atoms with Gasteiger partial charge in [0, 0.05) is 21.9 Å². The van der Waals surface area contributed by atoms with E-state index in [0.717, 1.165) is 13.3 Å². The third-order valence-corrected chi connectivity index (χ3v) is 6.53. The molecule has 31 heavy (non-hydrogen) atoms. The fourth-order valence-electron chi connectivity index (χ4n) is 2.79. The van der Waals surface area contributed by atoms with Gasteiger partial charge in [-0.25, -0.2) is 0 Å². The molecular weight excluding hydrogens is 418 g/mol. The molecule has 0 bridgehead atoms. The van der Waals surface area contributed by atoms with Crippen molar-refractivity contribution in [3.63, 3.8) is 0 Å². The molecule has 0 aliphatic carbocycles. The number of carboxylic acid groups (broad SMARTS) is 3. The fourth-order valence-corrected chi connectivity index (χ4v) is 4.02. The van der Waals surface area contributed by atoms with Gasteiger partial charge in [-0.1, -0.05) is 24.6 Å². The minimum absolute atomic E-state index is 0.235. The molecule has 0 aliphatic rings. The van der Waals surface area contributed by atoms with Crippen molar-refractivity contribution < 1.29 is 34.6 Å². The van der Waals surface area contributed by atoms with Crippen molar-refractivity contribution in [3.8, 4) is 0 Å². The molecule has 0 saturated carbocycles. The molecule has 7 nitrogen and oxygen atoms in total. The quantitative estimate of drug-likeness (QED) is 0.321. The highest BCUT2D eigenvalue weighted by atomic mass is 32.2. The summed E-state index contributed by atoms with van der Waals surface area (Å²) in [6.45, 7) is 20.0. The first-order chi connectivity index (χ1) is 14.2. The minimum atomic E-state index is -1.85. The van der Waals surface area contributed by atoms with Gasteiger partial charge < -0.3 is 25.0 Å². The lowest BCUT2D eigenvalue weighted by Gasteiger charge is -2.26. The maximum absolute atomic E-state index is 10.5. The maximum atomic E-state index is 10.5. The Bertz CT molecular complexity index is 595. The largest absolute Gasteiger partial charge is 0.550 e. The average molecular weight is 460 g/mol. The second-order valence-corrected chi connectivity index (χ2v) is 10.0. The minimum Gasteiger partial charge on any atom is -0.550 e. The van der Waals surface area contributed by atoms with Crippen LogP contribution < -0.4 is 10.0 Å². The molecule has 3 N–H and O–H groups in total. The number of carbonyl (C=O) groups excluding carboxylic acids is 1. The summed E-state index contributed by atoms with van der Waals surface area (Å²) in [5.74, 6) is -3.17. The van der Waals surface area contributed by atoms with Crippen LogP contribution in [0, 0.1) is 5.41 Å². The zero-order valence-corrected chi connectivity index (χ0v) is 20.8. The Labute approximate surface area is 191 Å². The summed E-state index contributed by atoms with van der Waals surface area (Å²) in [5.41, 5.74) is -0.434. The first kappa shape index (κ1) is 31.4. The number of carboxylic acids is 3. The van der Waals surface area contributed by atoms with Crippen LogP contribution in [-0.2, 0) is 14.4 Å². The van der Waals surface area contributed by atoms with E-state index in [-0.39, 0.29) is 4.75 Å². The highest BCUT2D eigenvalue weighted by Gasteiger charge is 2.31. The van der Waals surface area contributed by atoms with Crippen LogP contribution >= 0.6 is 11.8 Å². The van der Waals surface area contributed by atoms with Crippen LogP contribution in [0.4, 0.5) is 0 Å². The fraction of sp³-hybridized carbons (Fsp3) is 0.696. The van der Waals surface area contributed by atoms with E-state index in [0.29, 0.717) is 0 Å². The molecule has 0 saturated heterocycles. The van der Waals surface area contributed by atoms with Gasteiger partial charge in [0.2, 0.25) is 0 Å². The predicted octanol–water partition coefficient (Wildman–Crippen LogP) is 2.03. The molecule has 1 unspecified atom stereocenters. The van der Waals surface area contributed by atoms with Gasteiger partial charge in [-0.05, 0) is 47.5 Å². The van der Waals surface area contributed by atoms with Crippen LogP contribution in [0.15, 0.2) is 24.3 Å². The first-order valence-electron chi connectivity index (χ1n) is 10.6. The molecule has 0 radical (unpaired) electrons. The number of quaternary nitrogens is 1. The van der Waals surface area contributed by atoms with Crippen LogP contribution in [0.2, 0.25) is 0 Å². The number of rotatable bonds is 15. The number of allylic oxidation sites excluding steroid dienone is 2. The van der Waals surface area contributed by atoms with E-state index < -0.39 is 36.2 Å². The third kappa shape index (κ3) is 15.6. The third-order valence-electron chi connectivity index (χ3n) is 5.09. The monoisotopic (exact) mass is 459 g/mol. The van der Waals surface area contributed by atoms with E-state index >= 15 is 0 Å². The van der Waals surface area contributed by atoms with Crippen LogP contribution in [0.3, 0.4) is 0 Å². The molecule has 0 spiro atoms. The Morgan fingerprint density at radius 2 is 1.55 bits per heavy atom. The lowest BCUT2D eigenvalue weighted by molar-refractivity contribution is -0.893. The zero-order chi connectivity index (χ0) is 24.7. The number of hydrogen-bond donors (Lipinski definition) is 3. The summed E-state index contributed by atoms with van der Waals surface area (Å²) < 4.78 is 0.235. The number of carbonyl (C=O) groups is 3. The number of aliphatic carboxylic acids is 3. The Hall–Kier alpha value is -1.80. The molecule has 0 aromatic carbocycles. The van der Waals surface area contributed by atoms with Crippen LogP contribution in [0.5, 0.6) is 0 Å². The topological polar surface area (TPSA) is 119 Å². The van der Waals surface area contributed by atoms with Gasteiger partial charge in [0.15, 0.2) is 0 Å². The molecule has 0 aromatic heterocycles. The van der Waals surface area contributed by atoms with Crippen molar-refractivity contribution in [3.05, 3.63) is 24.3 Å². The predicted molar refractivity (Wildman–Crippen MR) is 124 cm³/mol. The van der Waals surface area contributed by atoms with Crippen LogP contribution in [0.1, 0.15) is 67.2 Å². The van der Waals surface area contributed by atoms with Gasteiger partial charge >= 0.3 is 11.9 Å². The van der Waals surface area contributed by atoms with Gasteiger partial charge in [-0.2, -0.15) is 0 Å². The molecule has 0 aromatic rings. The summed E-state index contributed by atoms with van der Waals surface area (Å²) in [7, 11) is 0. The second kappa shape index (κ2) is 15.9. The highest BCUT2D eigenvalue weighted by Crippen LogP contribution is 2.31. The van der Waals surface area contributed by atoms with Crippen molar-refractivity contribution in [2.75, 3.05) is 25.4 Å². The van der Waals surface area contributed by atoms with Crippen molar-refractivity contribution in [2.24, 2.45) is 5.41 Å². The van der Waals surface area contributed by atoms with E-state index in [4.69, 9.17) is 10.2 Å². The Balaban J connectivity index is 0. The van der Waals surface area contributed by atoms with Crippen molar-refractivity contribution >= 4 is 29.7 Å². The SMILES string of the molecule is C=CC(C)(CCC=C(C)C)SCC[NH+](CC)CC.CC(CC(=O)O)(CC(=O)O)C(=O)[O-]. The van der Waals surface area contributed by atoms with Gasteiger partial charge in [0.1, 0.15) is 0 Å². The molecule has 8 heteroatoms. The summed E-state index contributed by atoms with van der Waals surface area (Å²) in [4.78, 5) is 32.6. The van der Waals surface area contributed by atoms with E-state index in [1.54, 1.807) is 4.90 Å². The van der Waals surface area contributed by atoms with Crippen molar-refractivity contribution in [1.29, 1.82) is 0 Å². The van der Waals surface area contributed by atoms with Gasteiger partial charge in [-0.3, -0.25) is 9.59 Å². The van der Waals surface area contributed by atoms with Gasteiger partial charge in [0.05, 0.1) is 32.5 Å². The highest BCUT2D eigenvalue weighted by molar-refractivity contribution is 8.00. The smallest absolute Gasteiger partial charge is 0.304 e. The molecule has 180 valence electrons. The Kier molecular flexibility index (Phi) is 16.1. The van der Waals surface area contributed by atoms with E-state index in [1.807, 2.05) is 0 Å². The molecule has 1 atom stereocenters. The first-order valence-corrected chi connectivity index (χ1v) is 11.6. The Morgan fingerprint density at radius 3 is 1.87 bits per heavy atom. The number of nitrogens with one attached hydrogen (secondary N) is 1. The van der Waals surface area contributed by atoms with Gasteiger partial charge in [0.25, 0.3) is 0 Å². The van der Waals surface area contributed by atoms with Crippen LogP contribution in [-0.4, -0.2) is 58.3 Å². The number of thioether (sulfide) groups is 1. The molecule has 0 heterocycles. The zero-order valence-electron chi connectivity index (χ0n) is 20.0. The molecule has 0 aliphatic heterocycles. The summed E-state index contributed by atoms with van der Waals surface area (Å²) >= 11 is 2.07. The molecule has 0 amide bonds. The van der Waals surface area contributed by atoms with E-state index in [2.05, 4.69) is 65.1 Å². The second-order valence-electron chi connectivity index (χ2n) is 8.38. The summed E-state index contributed by atoms with van der Waals surface area (Å²) in [6.07, 6.45) is 5.30. The summed E-state index contributed by atoms with van der Waals surface area (Å²) in [6, 6.07) is 0. The van der Waals surface area contributed by atoms with Gasteiger partial charge in [-0.15, -0.1) is 18.3 Å². The van der Waals surface area contributed by atoms with Crippen molar-refractivity contribution in [1.82, 2.24) is 0 Å². The maximum Gasteiger partial charge on any atom is 0.304 e.